The first-order valence-corrected chi connectivity index (χ1v) is 13.1. The topological polar surface area (TPSA) is 0 Å². The SMILES string of the molecule is c1cc[c]([Sb]2[c]3cc4ccccc4cc3-c3cc4ccccc4c[c]32)cc1. The van der Waals surface area contributed by atoms with Crippen LogP contribution in [0.4, 0.5) is 0 Å². The Morgan fingerprint density at radius 1 is 0.407 bits per heavy atom. The van der Waals surface area contributed by atoms with Gasteiger partial charge in [0.1, 0.15) is 0 Å². The van der Waals surface area contributed by atoms with Crippen molar-refractivity contribution in [3.05, 3.63) is 103 Å². The molecule has 0 spiro atoms. The first-order chi connectivity index (χ1) is 13.4. The Labute approximate surface area is 166 Å². The summed E-state index contributed by atoms with van der Waals surface area (Å²) in [5.41, 5.74) is 2.92. The van der Waals surface area contributed by atoms with Crippen LogP contribution in [0.25, 0.3) is 32.7 Å². The van der Waals surface area contributed by atoms with Gasteiger partial charge in [-0.25, -0.2) is 0 Å². The van der Waals surface area contributed by atoms with Crippen LogP contribution in [0.1, 0.15) is 0 Å². The molecule has 0 nitrogen and oxygen atoms in total. The zero-order valence-corrected chi connectivity index (χ0v) is 17.3. The van der Waals surface area contributed by atoms with Crippen molar-refractivity contribution in [2.75, 3.05) is 0 Å². The average Bonchev–Trinajstić information content (AvgIpc) is 3.03. The molecule has 126 valence electrons. The Morgan fingerprint density at radius 2 is 0.815 bits per heavy atom. The molecule has 5 aromatic rings. The van der Waals surface area contributed by atoms with Gasteiger partial charge in [-0.1, -0.05) is 0 Å². The average molecular weight is 451 g/mol. The van der Waals surface area contributed by atoms with E-state index < -0.39 is 20.2 Å². The molecule has 1 aliphatic heterocycles. The maximum absolute atomic E-state index is 2.48. The van der Waals surface area contributed by atoms with Gasteiger partial charge >= 0.3 is 167 Å². The zero-order chi connectivity index (χ0) is 17.8. The molecule has 27 heavy (non-hydrogen) atoms. The second-order valence-corrected chi connectivity index (χ2v) is 13.2. The van der Waals surface area contributed by atoms with Crippen molar-refractivity contribution in [3.63, 3.8) is 0 Å². The van der Waals surface area contributed by atoms with Crippen LogP contribution >= 0.6 is 0 Å². The van der Waals surface area contributed by atoms with Gasteiger partial charge in [-0.05, 0) is 0 Å². The van der Waals surface area contributed by atoms with Crippen LogP contribution < -0.4 is 10.5 Å². The van der Waals surface area contributed by atoms with Crippen molar-refractivity contribution >= 4 is 52.3 Å². The Hall–Kier alpha value is -2.56. The summed E-state index contributed by atoms with van der Waals surface area (Å²) in [4.78, 5) is 0. The molecular formula is C26H17Sb. The fourth-order valence-electron chi connectivity index (χ4n) is 4.24. The maximum atomic E-state index is 2.48. The molecule has 0 unspecified atom stereocenters. The monoisotopic (exact) mass is 450 g/mol. The van der Waals surface area contributed by atoms with Gasteiger partial charge in [0.05, 0.1) is 0 Å². The van der Waals surface area contributed by atoms with E-state index in [2.05, 4.69) is 103 Å². The van der Waals surface area contributed by atoms with E-state index in [1.165, 1.54) is 32.7 Å². The number of hydrogen-bond acceptors (Lipinski definition) is 0. The summed E-state index contributed by atoms with van der Waals surface area (Å²) in [6, 6.07) is 38.5. The van der Waals surface area contributed by atoms with Crippen molar-refractivity contribution in [1.29, 1.82) is 0 Å². The summed E-state index contributed by atoms with van der Waals surface area (Å²) in [5, 5.41) is 5.40. The van der Waals surface area contributed by atoms with Crippen LogP contribution in [-0.4, -0.2) is 20.2 Å². The molecule has 0 aliphatic carbocycles. The van der Waals surface area contributed by atoms with Crippen molar-refractivity contribution in [3.8, 4) is 11.1 Å². The summed E-state index contributed by atoms with van der Waals surface area (Å²) in [6.45, 7) is 0. The van der Waals surface area contributed by atoms with Gasteiger partial charge in [0.25, 0.3) is 0 Å². The van der Waals surface area contributed by atoms with Crippen LogP contribution in [-0.2, 0) is 0 Å². The van der Waals surface area contributed by atoms with E-state index in [1.54, 1.807) is 10.5 Å². The molecule has 0 bridgehead atoms. The first-order valence-electron chi connectivity index (χ1n) is 9.30. The molecule has 5 aromatic carbocycles. The standard InChI is InChI=1S/C20H12.C6H5.Sb/c1-3-7-17-13-19(11-9-15(17)5-1)20-12-10-16-6-2-4-8-18(16)14-20;1-2-4-6-5-3-1;/h1-10,13-14H;1-5H;. The Balaban J connectivity index is 1.73. The van der Waals surface area contributed by atoms with Crippen molar-refractivity contribution in [1.82, 2.24) is 0 Å². The van der Waals surface area contributed by atoms with Crippen molar-refractivity contribution < 1.29 is 0 Å². The number of fused-ring (bicyclic) bond motifs is 5. The summed E-state index contributed by atoms with van der Waals surface area (Å²) >= 11 is -2.01. The van der Waals surface area contributed by atoms with Gasteiger partial charge in [0.2, 0.25) is 0 Å². The van der Waals surface area contributed by atoms with E-state index in [-0.39, 0.29) is 0 Å². The van der Waals surface area contributed by atoms with Crippen LogP contribution in [0.15, 0.2) is 103 Å². The quantitative estimate of drug-likeness (QED) is 0.324. The number of rotatable bonds is 1. The predicted molar refractivity (Wildman–Crippen MR) is 118 cm³/mol. The van der Waals surface area contributed by atoms with Gasteiger partial charge in [0.15, 0.2) is 0 Å². The van der Waals surface area contributed by atoms with Gasteiger partial charge < -0.3 is 0 Å². The molecule has 0 saturated heterocycles. The second-order valence-electron chi connectivity index (χ2n) is 7.10. The van der Waals surface area contributed by atoms with Crippen LogP contribution in [0, 0.1) is 0 Å². The third-order valence-electron chi connectivity index (χ3n) is 5.51. The van der Waals surface area contributed by atoms with Crippen molar-refractivity contribution in [2.24, 2.45) is 0 Å². The van der Waals surface area contributed by atoms with Gasteiger partial charge in [0, 0.05) is 0 Å². The molecule has 0 atom stereocenters. The van der Waals surface area contributed by atoms with E-state index in [0.29, 0.717) is 0 Å². The summed E-state index contributed by atoms with van der Waals surface area (Å²) in [5.74, 6) is 0. The summed E-state index contributed by atoms with van der Waals surface area (Å²) in [7, 11) is 0. The Bertz CT molecular complexity index is 1230. The minimum absolute atomic E-state index is 1.34. The molecule has 6 rings (SSSR count). The van der Waals surface area contributed by atoms with E-state index in [9.17, 15) is 0 Å². The molecular weight excluding hydrogens is 434 g/mol. The molecule has 0 radical (unpaired) electrons. The Kier molecular flexibility index (Phi) is 3.43. The van der Waals surface area contributed by atoms with Crippen LogP contribution in [0.5, 0.6) is 0 Å². The first kappa shape index (κ1) is 15.5. The van der Waals surface area contributed by atoms with E-state index in [4.69, 9.17) is 0 Å². The molecule has 0 fully saturated rings. The van der Waals surface area contributed by atoms with Gasteiger partial charge in [-0.3, -0.25) is 0 Å². The third kappa shape index (κ3) is 2.37. The predicted octanol–water partition coefficient (Wildman–Crippen LogP) is 4.49. The number of hydrogen-bond donors (Lipinski definition) is 0. The summed E-state index contributed by atoms with van der Waals surface area (Å²) < 4.78 is 4.76. The third-order valence-corrected chi connectivity index (χ3v) is 12.7. The Morgan fingerprint density at radius 3 is 1.30 bits per heavy atom. The summed E-state index contributed by atoms with van der Waals surface area (Å²) in [6.07, 6.45) is 0. The normalized spacial score (nSPS) is 13.0. The molecule has 1 aliphatic rings. The van der Waals surface area contributed by atoms with Gasteiger partial charge in [-0.15, -0.1) is 0 Å². The second kappa shape index (κ2) is 5.98. The molecule has 0 amide bonds. The van der Waals surface area contributed by atoms with E-state index in [0.717, 1.165) is 0 Å². The number of benzene rings is 5. The van der Waals surface area contributed by atoms with Crippen molar-refractivity contribution in [2.45, 2.75) is 0 Å². The zero-order valence-electron chi connectivity index (χ0n) is 14.8. The van der Waals surface area contributed by atoms with E-state index >= 15 is 0 Å². The molecule has 1 heterocycles. The molecule has 0 saturated carbocycles. The van der Waals surface area contributed by atoms with Crippen LogP contribution in [0.3, 0.4) is 0 Å². The fraction of sp³-hybridized carbons (Fsp3) is 0. The molecule has 0 N–H and O–H groups in total. The minimum atomic E-state index is -2.01. The molecule has 0 aromatic heterocycles. The van der Waals surface area contributed by atoms with Crippen LogP contribution in [0.2, 0.25) is 0 Å². The molecule has 1 heteroatoms. The fourth-order valence-corrected chi connectivity index (χ4v) is 11.9. The van der Waals surface area contributed by atoms with Gasteiger partial charge in [-0.2, -0.15) is 0 Å². The van der Waals surface area contributed by atoms with E-state index in [1.807, 2.05) is 0 Å².